The fraction of sp³-hybridized carbons (Fsp3) is 0.312. The van der Waals surface area contributed by atoms with E-state index in [1.807, 2.05) is 30.8 Å². The lowest BCUT2D eigenvalue weighted by Gasteiger charge is -2.12. The van der Waals surface area contributed by atoms with Gasteiger partial charge in [-0.25, -0.2) is 23.4 Å². The number of ether oxygens (including phenoxy) is 1. The molecule has 13 heteroatoms. The minimum Gasteiger partial charge on any atom is -0.388 e. The number of carbonyl (C=O) groups excluding carboxylic acids is 1. The Labute approximate surface area is 262 Å². The molecule has 1 aliphatic carbocycles. The third kappa shape index (κ3) is 11.4. The molecule has 5 rings (SSSR count). The van der Waals surface area contributed by atoms with Gasteiger partial charge in [-0.3, -0.25) is 9.63 Å². The number of amides is 1. The number of hydrogen-bond donors (Lipinski definition) is 3. The van der Waals surface area contributed by atoms with Crippen molar-refractivity contribution in [1.29, 1.82) is 0 Å². The summed E-state index contributed by atoms with van der Waals surface area (Å²) in [7, 11) is 3.53. The molecule has 3 N–H and O–H groups in total. The second-order valence-corrected chi connectivity index (χ2v) is 9.26. The molecule has 11 nitrogen and oxygen atoms in total. The number of allylic oxidation sites excluding steroid dienone is 6. The number of carbonyl (C=O) groups is 1. The van der Waals surface area contributed by atoms with Crippen LogP contribution in [0.15, 0.2) is 67.0 Å². The fourth-order valence-electron chi connectivity index (χ4n) is 4.05. The zero-order chi connectivity index (χ0) is 33.0. The highest BCUT2D eigenvalue weighted by atomic mass is 19.2. The molecular formula is C32H39F2N7O4. The number of benzene rings is 1. The minimum absolute atomic E-state index is 0.124. The smallest absolute Gasteiger partial charge is 0.207 e. The van der Waals surface area contributed by atoms with E-state index in [9.17, 15) is 13.6 Å². The lowest BCUT2D eigenvalue weighted by Crippen LogP contribution is -2.33. The van der Waals surface area contributed by atoms with E-state index < -0.39 is 11.6 Å². The topological polar surface area (TPSA) is 127 Å². The number of aliphatic hydroxyl groups excluding tert-OH is 1. The number of halogens is 2. The number of aliphatic hydroxyl groups is 1. The minimum atomic E-state index is -0.799. The van der Waals surface area contributed by atoms with Crippen LogP contribution < -0.4 is 10.6 Å². The first-order chi connectivity index (χ1) is 21.9. The van der Waals surface area contributed by atoms with Crippen LogP contribution >= 0.6 is 0 Å². The van der Waals surface area contributed by atoms with Crippen LogP contribution in [0.4, 0.5) is 14.6 Å². The highest BCUT2D eigenvalue weighted by Gasteiger charge is 2.22. The zero-order valence-corrected chi connectivity index (χ0v) is 25.6. The normalized spacial score (nSPS) is 15.2. The quantitative estimate of drug-likeness (QED) is 0.241. The summed E-state index contributed by atoms with van der Waals surface area (Å²) in [5, 5.41) is 21.5. The van der Waals surface area contributed by atoms with Crippen LogP contribution in [0.2, 0.25) is 0 Å². The van der Waals surface area contributed by atoms with Crippen molar-refractivity contribution >= 4 is 17.9 Å². The first-order valence-corrected chi connectivity index (χ1v) is 13.9. The van der Waals surface area contributed by atoms with E-state index >= 15 is 0 Å². The van der Waals surface area contributed by atoms with Crippen molar-refractivity contribution in [1.82, 2.24) is 30.1 Å². The Hall–Kier alpha value is -4.74. The van der Waals surface area contributed by atoms with Crippen molar-refractivity contribution in [3.63, 3.8) is 0 Å². The first kappa shape index (κ1) is 36.5. The molecule has 1 saturated heterocycles. The maximum Gasteiger partial charge on any atom is 0.207 e. The molecule has 0 saturated carbocycles. The summed E-state index contributed by atoms with van der Waals surface area (Å²) < 4.78 is 30.7. The van der Waals surface area contributed by atoms with Crippen LogP contribution in [-0.4, -0.2) is 82.8 Å². The van der Waals surface area contributed by atoms with Gasteiger partial charge >= 0.3 is 0 Å². The van der Waals surface area contributed by atoms with Crippen LogP contribution in [0.25, 0.3) is 17.0 Å². The number of aromatic nitrogens is 4. The summed E-state index contributed by atoms with van der Waals surface area (Å²) in [6.07, 6.45) is 23.3. The molecule has 1 aliphatic heterocycles. The third-order valence-corrected chi connectivity index (χ3v) is 6.24. The molecule has 2 aliphatic rings. The number of hydroxylamine groups is 2. The molecule has 1 amide bonds. The molecule has 0 unspecified atom stereocenters. The van der Waals surface area contributed by atoms with Gasteiger partial charge < -0.3 is 20.5 Å². The van der Waals surface area contributed by atoms with E-state index in [2.05, 4.69) is 51.7 Å². The summed E-state index contributed by atoms with van der Waals surface area (Å²) in [4.78, 5) is 23.6. The summed E-state index contributed by atoms with van der Waals surface area (Å²) in [6, 6.07) is 5.17. The molecular weight excluding hydrogens is 584 g/mol. The van der Waals surface area contributed by atoms with E-state index in [1.165, 1.54) is 12.1 Å². The molecule has 3 aromatic rings. The number of anilines is 1. The maximum absolute atomic E-state index is 11.9. The van der Waals surface area contributed by atoms with Gasteiger partial charge in [-0.05, 0) is 37.6 Å². The van der Waals surface area contributed by atoms with Gasteiger partial charge in [0.25, 0.3) is 0 Å². The Morgan fingerprint density at radius 2 is 1.87 bits per heavy atom. The van der Waals surface area contributed by atoms with Crippen molar-refractivity contribution in [2.24, 2.45) is 0 Å². The standard InChI is InChI=1S/C17H19N5O.C7H14N2O3.C6H4F2.C2H2/c1-12-16(13-9-19-15(11-23)20-10-13)21-22(17(12)18-2)14-7-5-3-4-6-8-14;1-11-3-2-9-4-7(5-12-9)8-6-10;7-5-3-1-2-4-6(5)8;1-2/h3,5-10,18,23H,4,11H2,1-2H3;6-7H,2-5H2,1H3,(H,8,10);1-4H;1-2H/t;7-;;/m.1../s1. The molecule has 2 aromatic heterocycles. The highest BCUT2D eigenvalue weighted by Crippen LogP contribution is 2.30. The number of nitrogens with zero attached hydrogens (tertiary/aromatic N) is 5. The highest BCUT2D eigenvalue weighted by molar-refractivity contribution is 5.73. The SMILES string of the molecule is C#C.CNc1c(C)c(-c2cnc(CO)nc2)nn1C1=CC=CCC=C1.COCCN1C[C@@H](NC=O)CO1.Fc1ccccc1F. The van der Waals surface area contributed by atoms with Crippen LogP contribution in [0.3, 0.4) is 0 Å². The van der Waals surface area contributed by atoms with Gasteiger partial charge in [0.05, 0.1) is 25.0 Å². The average molecular weight is 624 g/mol. The van der Waals surface area contributed by atoms with Crippen LogP contribution in [0.1, 0.15) is 17.8 Å². The fourth-order valence-corrected chi connectivity index (χ4v) is 4.05. The van der Waals surface area contributed by atoms with Crippen molar-refractivity contribution in [3.8, 4) is 24.1 Å². The lowest BCUT2D eigenvalue weighted by molar-refractivity contribution is -0.118. The number of rotatable bonds is 9. The molecule has 0 bridgehead atoms. The summed E-state index contributed by atoms with van der Waals surface area (Å²) in [6.45, 7) is 4.53. The number of hydrogen-bond acceptors (Lipinski definition) is 9. The van der Waals surface area contributed by atoms with Gasteiger partial charge in [-0.15, -0.1) is 12.8 Å². The van der Waals surface area contributed by atoms with E-state index in [0.29, 0.717) is 25.4 Å². The predicted molar refractivity (Wildman–Crippen MR) is 169 cm³/mol. The monoisotopic (exact) mass is 623 g/mol. The van der Waals surface area contributed by atoms with Gasteiger partial charge in [-0.1, -0.05) is 30.4 Å². The van der Waals surface area contributed by atoms with E-state index in [-0.39, 0.29) is 12.6 Å². The van der Waals surface area contributed by atoms with E-state index in [4.69, 9.17) is 19.8 Å². The number of methoxy groups -OCH3 is 1. The van der Waals surface area contributed by atoms with Crippen LogP contribution in [0, 0.1) is 31.4 Å². The predicted octanol–water partition coefficient (Wildman–Crippen LogP) is 3.75. The van der Waals surface area contributed by atoms with Gasteiger partial charge in [0, 0.05) is 50.8 Å². The second kappa shape index (κ2) is 20.3. The van der Waals surface area contributed by atoms with E-state index in [1.54, 1.807) is 24.6 Å². The molecule has 240 valence electrons. The molecule has 45 heavy (non-hydrogen) atoms. The zero-order valence-electron chi connectivity index (χ0n) is 25.6. The molecule has 1 aromatic carbocycles. The van der Waals surface area contributed by atoms with Crippen molar-refractivity contribution in [2.45, 2.75) is 26.0 Å². The summed E-state index contributed by atoms with van der Waals surface area (Å²) in [5.74, 6) is -0.267. The van der Waals surface area contributed by atoms with Gasteiger partial charge in [0.1, 0.15) is 18.1 Å². The second-order valence-electron chi connectivity index (χ2n) is 9.26. The molecule has 1 fully saturated rings. The Kier molecular flexibility index (Phi) is 16.4. The Morgan fingerprint density at radius 1 is 1.18 bits per heavy atom. The Morgan fingerprint density at radius 3 is 2.44 bits per heavy atom. The van der Waals surface area contributed by atoms with Gasteiger partial charge in [0.15, 0.2) is 17.5 Å². The van der Waals surface area contributed by atoms with Crippen molar-refractivity contribution in [2.75, 3.05) is 45.8 Å². The maximum atomic E-state index is 11.9. The van der Waals surface area contributed by atoms with Crippen molar-refractivity contribution in [3.05, 3.63) is 90.1 Å². The largest absolute Gasteiger partial charge is 0.388 e. The van der Waals surface area contributed by atoms with Crippen LogP contribution in [0.5, 0.6) is 0 Å². The average Bonchev–Trinajstić information content (AvgIpc) is 3.55. The molecule has 1 atom stereocenters. The summed E-state index contributed by atoms with van der Waals surface area (Å²) in [5.41, 5.74) is 3.66. The first-order valence-electron chi connectivity index (χ1n) is 13.9. The van der Waals surface area contributed by atoms with Gasteiger partial charge in [0.2, 0.25) is 6.41 Å². The van der Waals surface area contributed by atoms with Crippen molar-refractivity contribution < 1.29 is 28.3 Å². The number of terminal acetylenes is 1. The summed E-state index contributed by atoms with van der Waals surface area (Å²) >= 11 is 0. The molecule has 3 heterocycles. The van der Waals surface area contributed by atoms with Gasteiger partial charge in [-0.2, -0.15) is 10.2 Å². The Bertz CT molecular complexity index is 1420. The molecule has 0 radical (unpaired) electrons. The lowest BCUT2D eigenvalue weighted by atomic mass is 10.1. The molecule has 0 spiro atoms. The number of nitrogens with one attached hydrogen (secondary N) is 2. The Balaban J connectivity index is 0.000000267. The van der Waals surface area contributed by atoms with E-state index in [0.717, 1.165) is 60.0 Å². The van der Waals surface area contributed by atoms with Crippen LogP contribution in [-0.2, 0) is 21.0 Å². The third-order valence-electron chi connectivity index (χ3n) is 6.24.